The highest BCUT2D eigenvalue weighted by Gasteiger charge is 2.17. The van der Waals surface area contributed by atoms with Gasteiger partial charge in [-0.15, -0.1) is 0 Å². The van der Waals surface area contributed by atoms with Gasteiger partial charge in [-0.3, -0.25) is 9.52 Å². The van der Waals surface area contributed by atoms with Gasteiger partial charge >= 0.3 is 0 Å². The number of nitrogens with zero attached hydrogens (tertiary/aromatic N) is 1. The monoisotopic (exact) mass is 409 g/mol. The molecule has 0 spiro atoms. The maximum atomic E-state index is 13.7. The van der Waals surface area contributed by atoms with Gasteiger partial charge in [-0.1, -0.05) is 18.2 Å². The number of nitriles is 1. The lowest BCUT2D eigenvalue weighted by Gasteiger charge is -2.11. The Labute approximate surface area is 167 Å². The minimum Gasteiger partial charge on any atom is -0.322 e. The van der Waals surface area contributed by atoms with Crippen molar-refractivity contribution >= 4 is 27.3 Å². The summed E-state index contributed by atoms with van der Waals surface area (Å²) in [6.45, 7) is 1.54. The molecule has 2 N–H and O–H groups in total. The number of hydrogen-bond donors (Lipinski definition) is 2. The largest absolute Gasteiger partial charge is 0.322 e. The average molecular weight is 409 g/mol. The smallest absolute Gasteiger partial charge is 0.261 e. The van der Waals surface area contributed by atoms with Gasteiger partial charge in [0, 0.05) is 16.9 Å². The SMILES string of the molecule is Cc1ccc(S(=O)(=O)Nc2cccc(C(=O)Nc3cccc(C#N)c3)c2)cc1F. The molecule has 3 aromatic rings. The number of carbonyl (C=O) groups is 1. The van der Waals surface area contributed by atoms with Gasteiger partial charge in [0.25, 0.3) is 15.9 Å². The number of aryl methyl sites for hydroxylation is 1. The molecule has 3 aromatic carbocycles. The summed E-state index contributed by atoms with van der Waals surface area (Å²) in [6, 6.07) is 17.9. The van der Waals surface area contributed by atoms with Crippen LogP contribution in [0.1, 0.15) is 21.5 Å². The van der Waals surface area contributed by atoms with Gasteiger partial charge in [0.2, 0.25) is 0 Å². The summed E-state index contributed by atoms with van der Waals surface area (Å²) in [6.07, 6.45) is 0. The van der Waals surface area contributed by atoms with Crippen LogP contribution in [-0.4, -0.2) is 14.3 Å². The zero-order chi connectivity index (χ0) is 21.0. The fourth-order valence-corrected chi connectivity index (χ4v) is 3.61. The van der Waals surface area contributed by atoms with E-state index in [9.17, 15) is 17.6 Å². The Kier molecular flexibility index (Phi) is 5.61. The van der Waals surface area contributed by atoms with Crippen LogP contribution in [0.3, 0.4) is 0 Å². The zero-order valence-corrected chi connectivity index (χ0v) is 16.1. The van der Waals surface area contributed by atoms with Gasteiger partial charge in [-0.2, -0.15) is 5.26 Å². The molecule has 146 valence electrons. The number of benzene rings is 3. The van der Waals surface area contributed by atoms with E-state index >= 15 is 0 Å². The molecule has 0 heterocycles. The molecule has 0 atom stereocenters. The molecule has 0 aliphatic carbocycles. The molecule has 0 saturated carbocycles. The molecular weight excluding hydrogens is 393 g/mol. The molecule has 0 unspecified atom stereocenters. The Hall–Kier alpha value is -3.70. The van der Waals surface area contributed by atoms with Crippen LogP contribution < -0.4 is 10.0 Å². The van der Waals surface area contributed by atoms with Crippen LogP contribution in [-0.2, 0) is 10.0 Å². The van der Waals surface area contributed by atoms with Crippen molar-refractivity contribution in [2.75, 3.05) is 10.0 Å². The van der Waals surface area contributed by atoms with Crippen molar-refractivity contribution in [1.82, 2.24) is 0 Å². The Morgan fingerprint density at radius 2 is 1.72 bits per heavy atom. The molecule has 8 heteroatoms. The third kappa shape index (κ3) is 4.78. The van der Waals surface area contributed by atoms with E-state index in [4.69, 9.17) is 5.26 Å². The second-order valence-corrected chi connectivity index (χ2v) is 7.93. The Morgan fingerprint density at radius 1 is 1.00 bits per heavy atom. The molecule has 0 aromatic heterocycles. The van der Waals surface area contributed by atoms with Gasteiger partial charge in [0.1, 0.15) is 5.82 Å². The first-order chi connectivity index (χ1) is 13.8. The molecule has 1 amide bonds. The van der Waals surface area contributed by atoms with Gasteiger partial charge in [0.05, 0.1) is 16.5 Å². The Balaban J connectivity index is 1.80. The van der Waals surface area contributed by atoms with E-state index < -0.39 is 21.7 Å². The predicted octanol–water partition coefficient (Wildman–Crippen LogP) is 4.06. The molecular formula is C21H16FN3O3S. The maximum Gasteiger partial charge on any atom is 0.261 e. The van der Waals surface area contributed by atoms with Gasteiger partial charge in [-0.05, 0) is 61.0 Å². The average Bonchev–Trinajstić information content (AvgIpc) is 2.70. The topological polar surface area (TPSA) is 99.1 Å². The van der Waals surface area contributed by atoms with Crippen LogP contribution in [0, 0.1) is 24.1 Å². The maximum absolute atomic E-state index is 13.7. The molecule has 6 nitrogen and oxygen atoms in total. The highest BCUT2D eigenvalue weighted by Crippen LogP contribution is 2.20. The number of anilines is 2. The number of halogens is 1. The fourth-order valence-electron chi connectivity index (χ4n) is 2.55. The number of hydrogen-bond acceptors (Lipinski definition) is 4. The number of amides is 1. The van der Waals surface area contributed by atoms with Gasteiger partial charge < -0.3 is 5.32 Å². The van der Waals surface area contributed by atoms with E-state index in [-0.39, 0.29) is 16.1 Å². The number of sulfonamides is 1. The molecule has 3 rings (SSSR count). The van der Waals surface area contributed by atoms with E-state index in [2.05, 4.69) is 10.0 Å². The molecule has 0 radical (unpaired) electrons. The van der Waals surface area contributed by atoms with Crippen molar-refractivity contribution in [3.63, 3.8) is 0 Å². The molecule has 0 bridgehead atoms. The summed E-state index contributed by atoms with van der Waals surface area (Å²) in [4.78, 5) is 12.2. The van der Waals surface area contributed by atoms with Crippen LogP contribution in [0.15, 0.2) is 71.6 Å². The van der Waals surface area contributed by atoms with E-state index in [1.807, 2.05) is 6.07 Å². The number of carbonyl (C=O) groups excluding carboxylic acids is 1. The lowest BCUT2D eigenvalue weighted by molar-refractivity contribution is 0.102. The Morgan fingerprint density at radius 3 is 2.45 bits per heavy atom. The van der Waals surface area contributed by atoms with Crippen LogP contribution in [0.5, 0.6) is 0 Å². The Bertz CT molecular complexity index is 1230. The summed E-state index contributed by atoms with van der Waals surface area (Å²) in [5.74, 6) is -1.09. The minimum atomic E-state index is -4.02. The van der Waals surface area contributed by atoms with E-state index in [0.29, 0.717) is 16.8 Å². The van der Waals surface area contributed by atoms with Crippen molar-refractivity contribution in [1.29, 1.82) is 5.26 Å². The molecule has 0 aliphatic rings. The third-order valence-electron chi connectivity index (χ3n) is 4.08. The van der Waals surface area contributed by atoms with E-state index in [1.165, 1.54) is 49.4 Å². The second kappa shape index (κ2) is 8.12. The van der Waals surface area contributed by atoms with Crippen LogP contribution in [0.2, 0.25) is 0 Å². The molecule has 0 aliphatic heterocycles. The predicted molar refractivity (Wildman–Crippen MR) is 107 cm³/mol. The first-order valence-electron chi connectivity index (χ1n) is 8.49. The quantitative estimate of drug-likeness (QED) is 0.664. The zero-order valence-electron chi connectivity index (χ0n) is 15.3. The van der Waals surface area contributed by atoms with Crippen molar-refractivity contribution in [3.05, 3.63) is 89.2 Å². The molecule has 0 saturated heterocycles. The van der Waals surface area contributed by atoms with Gasteiger partial charge in [-0.25, -0.2) is 12.8 Å². The third-order valence-corrected chi connectivity index (χ3v) is 5.46. The van der Waals surface area contributed by atoms with E-state index in [1.54, 1.807) is 18.2 Å². The summed E-state index contributed by atoms with van der Waals surface area (Å²) in [5, 5.41) is 11.6. The summed E-state index contributed by atoms with van der Waals surface area (Å²) in [7, 11) is -4.02. The van der Waals surface area contributed by atoms with Crippen LogP contribution in [0.25, 0.3) is 0 Å². The van der Waals surface area contributed by atoms with Crippen molar-refractivity contribution < 1.29 is 17.6 Å². The number of nitrogens with one attached hydrogen (secondary N) is 2. The summed E-state index contributed by atoms with van der Waals surface area (Å²) < 4.78 is 41.1. The summed E-state index contributed by atoms with van der Waals surface area (Å²) in [5.41, 5.74) is 1.54. The lowest BCUT2D eigenvalue weighted by atomic mass is 10.1. The normalized spacial score (nSPS) is 10.8. The van der Waals surface area contributed by atoms with Crippen molar-refractivity contribution in [3.8, 4) is 6.07 Å². The van der Waals surface area contributed by atoms with Crippen molar-refractivity contribution in [2.24, 2.45) is 0 Å². The summed E-state index contributed by atoms with van der Waals surface area (Å²) >= 11 is 0. The highest BCUT2D eigenvalue weighted by molar-refractivity contribution is 7.92. The van der Waals surface area contributed by atoms with E-state index in [0.717, 1.165) is 6.07 Å². The molecule has 0 fully saturated rings. The standard InChI is InChI=1S/C21H16FN3O3S/c1-14-8-9-19(12-20(14)22)29(27,28)25-18-7-3-5-16(11-18)21(26)24-17-6-2-4-15(10-17)13-23/h2-12,25H,1H3,(H,24,26). The minimum absolute atomic E-state index is 0.157. The van der Waals surface area contributed by atoms with Gasteiger partial charge in [0.15, 0.2) is 0 Å². The first-order valence-corrected chi connectivity index (χ1v) is 9.97. The van der Waals surface area contributed by atoms with Crippen molar-refractivity contribution in [2.45, 2.75) is 11.8 Å². The first kappa shape index (κ1) is 20.0. The fraction of sp³-hybridized carbons (Fsp3) is 0.0476. The highest BCUT2D eigenvalue weighted by atomic mass is 32.2. The van der Waals surface area contributed by atoms with Crippen LogP contribution >= 0.6 is 0 Å². The second-order valence-electron chi connectivity index (χ2n) is 6.24. The molecule has 29 heavy (non-hydrogen) atoms. The number of rotatable bonds is 5. The lowest BCUT2D eigenvalue weighted by Crippen LogP contribution is -2.15. The van der Waals surface area contributed by atoms with Crippen LogP contribution in [0.4, 0.5) is 15.8 Å².